The molecule has 1 N–H and O–H groups in total. The summed E-state index contributed by atoms with van der Waals surface area (Å²) >= 11 is 0. The lowest BCUT2D eigenvalue weighted by Crippen LogP contribution is -2.51. The van der Waals surface area contributed by atoms with Crippen molar-refractivity contribution >= 4 is 5.91 Å². The van der Waals surface area contributed by atoms with Crippen LogP contribution in [0.5, 0.6) is 0 Å². The number of nitrogens with one attached hydrogen (secondary N) is 1. The molecule has 0 aromatic heterocycles. The van der Waals surface area contributed by atoms with Gasteiger partial charge in [0.05, 0.1) is 5.60 Å². The lowest BCUT2D eigenvalue weighted by molar-refractivity contribution is -0.144. The number of carbonyl (C=O) groups excluding carboxylic acids is 1. The van der Waals surface area contributed by atoms with Crippen LogP contribution < -0.4 is 5.32 Å². The van der Waals surface area contributed by atoms with E-state index in [1.807, 2.05) is 0 Å². The van der Waals surface area contributed by atoms with Crippen molar-refractivity contribution in [2.24, 2.45) is 0 Å². The van der Waals surface area contributed by atoms with Gasteiger partial charge in [0.2, 0.25) is 5.91 Å². The van der Waals surface area contributed by atoms with Gasteiger partial charge in [0.25, 0.3) is 0 Å². The fourth-order valence-electron chi connectivity index (χ4n) is 3.50. The van der Waals surface area contributed by atoms with Gasteiger partial charge in [0.1, 0.15) is 0 Å². The highest BCUT2D eigenvalue weighted by molar-refractivity contribution is 5.76. The molecule has 2 aliphatic rings. The molecule has 24 heavy (non-hydrogen) atoms. The molecular formula is C18H23F2NO3. The van der Waals surface area contributed by atoms with Crippen LogP contribution >= 0.6 is 0 Å². The Kier molecular flexibility index (Phi) is 5.46. The summed E-state index contributed by atoms with van der Waals surface area (Å²) in [6.07, 6.45) is 4.01. The Bertz CT molecular complexity index is 582. The third-order valence-corrected chi connectivity index (χ3v) is 4.89. The summed E-state index contributed by atoms with van der Waals surface area (Å²) in [4.78, 5) is 12.2. The first-order valence-electron chi connectivity index (χ1n) is 8.51. The molecule has 2 heterocycles. The number of aryl methyl sites for hydroxylation is 1. The van der Waals surface area contributed by atoms with Crippen molar-refractivity contribution < 1.29 is 23.0 Å². The van der Waals surface area contributed by atoms with Gasteiger partial charge in [-0.2, -0.15) is 0 Å². The van der Waals surface area contributed by atoms with Crippen molar-refractivity contribution in [3.63, 3.8) is 0 Å². The second-order valence-electron chi connectivity index (χ2n) is 6.65. The van der Waals surface area contributed by atoms with Gasteiger partial charge in [-0.1, -0.05) is 6.07 Å². The topological polar surface area (TPSA) is 47.6 Å². The summed E-state index contributed by atoms with van der Waals surface area (Å²) in [6, 6.07) is 3.86. The summed E-state index contributed by atoms with van der Waals surface area (Å²) < 4.78 is 37.4. The maximum atomic E-state index is 13.2. The van der Waals surface area contributed by atoms with Gasteiger partial charge >= 0.3 is 0 Å². The summed E-state index contributed by atoms with van der Waals surface area (Å²) in [5.41, 5.74) is 0.464. The van der Waals surface area contributed by atoms with E-state index in [1.165, 1.54) is 6.07 Å². The minimum Gasteiger partial charge on any atom is -0.381 e. The standard InChI is InChI=1S/C18H23F2NO3/c19-15-3-1-13(11-16(15)20)2-4-17(22)21-14-5-8-24-18(12-14)6-9-23-10-7-18/h1,3,11,14H,2,4-10,12H2,(H,21,22)/t14-/m0/s1. The molecule has 0 radical (unpaired) electrons. The third-order valence-electron chi connectivity index (χ3n) is 4.89. The van der Waals surface area contributed by atoms with Crippen LogP contribution in [0.1, 0.15) is 37.7 Å². The van der Waals surface area contributed by atoms with E-state index < -0.39 is 11.6 Å². The minimum absolute atomic E-state index is 0.0613. The van der Waals surface area contributed by atoms with Crippen LogP contribution in [0.15, 0.2) is 18.2 Å². The lowest BCUT2D eigenvalue weighted by Gasteiger charge is -2.43. The van der Waals surface area contributed by atoms with Crippen LogP contribution in [0.2, 0.25) is 0 Å². The fraction of sp³-hybridized carbons (Fsp3) is 0.611. The number of amides is 1. The summed E-state index contributed by atoms with van der Waals surface area (Å²) in [7, 11) is 0. The maximum Gasteiger partial charge on any atom is 0.220 e. The van der Waals surface area contributed by atoms with E-state index in [2.05, 4.69) is 5.32 Å². The van der Waals surface area contributed by atoms with Crippen LogP contribution in [-0.4, -0.2) is 37.4 Å². The predicted molar refractivity (Wildman–Crippen MR) is 84.6 cm³/mol. The summed E-state index contributed by atoms with van der Waals surface area (Å²) in [6.45, 7) is 2.06. The van der Waals surface area contributed by atoms with Gasteiger partial charge in [-0.25, -0.2) is 8.78 Å². The molecule has 2 fully saturated rings. The van der Waals surface area contributed by atoms with Crippen molar-refractivity contribution in [1.29, 1.82) is 0 Å². The normalized spacial score (nSPS) is 23.2. The van der Waals surface area contributed by atoms with E-state index in [4.69, 9.17) is 9.47 Å². The second-order valence-corrected chi connectivity index (χ2v) is 6.65. The highest BCUT2D eigenvalue weighted by Gasteiger charge is 2.39. The average Bonchev–Trinajstić information content (AvgIpc) is 2.57. The van der Waals surface area contributed by atoms with Crippen molar-refractivity contribution in [2.75, 3.05) is 19.8 Å². The summed E-state index contributed by atoms with van der Waals surface area (Å²) in [5.74, 6) is -1.81. The predicted octanol–water partition coefficient (Wildman–Crippen LogP) is 2.74. The first-order chi connectivity index (χ1) is 11.6. The van der Waals surface area contributed by atoms with Gasteiger partial charge in [-0.15, -0.1) is 0 Å². The van der Waals surface area contributed by atoms with Crippen LogP contribution in [-0.2, 0) is 20.7 Å². The van der Waals surface area contributed by atoms with Crippen molar-refractivity contribution in [3.8, 4) is 0 Å². The van der Waals surface area contributed by atoms with Crippen LogP contribution in [0, 0.1) is 11.6 Å². The molecule has 1 aromatic carbocycles. The number of ether oxygens (including phenoxy) is 2. The Hall–Kier alpha value is -1.53. The van der Waals surface area contributed by atoms with E-state index in [1.54, 1.807) is 0 Å². The van der Waals surface area contributed by atoms with Crippen molar-refractivity contribution in [2.45, 2.75) is 50.2 Å². The van der Waals surface area contributed by atoms with E-state index in [9.17, 15) is 13.6 Å². The zero-order valence-corrected chi connectivity index (χ0v) is 13.7. The van der Waals surface area contributed by atoms with E-state index in [-0.39, 0.29) is 24.0 Å². The molecule has 1 atom stereocenters. The SMILES string of the molecule is O=C(CCc1ccc(F)c(F)c1)N[C@H]1CCOC2(CCOCC2)C1. The molecule has 0 saturated carbocycles. The maximum absolute atomic E-state index is 13.2. The number of rotatable bonds is 4. The van der Waals surface area contributed by atoms with Crippen molar-refractivity contribution in [1.82, 2.24) is 5.32 Å². The highest BCUT2D eigenvalue weighted by atomic mass is 19.2. The highest BCUT2D eigenvalue weighted by Crippen LogP contribution is 2.34. The van der Waals surface area contributed by atoms with Gasteiger partial charge in [-0.3, -0.25) is 4.79 Å². The second kappa shape index (κ2) is 7.57. The lowest BCUT2D eigenvalue weighted by atomic mass is 9.84. The molecule has 0 unspecified atom stereocenters. The van der Waals surface area contributed by atoms with Crippen LogP contribution in [0.25, 0.3) is 0 Å². The van der Waals surface area contributed by atoms with Crippen LogP contribution in [0.3, 0.4) is 0 Å². The minimum atomic E-state index is -0.876. The number of benzene rings is 1. The molecule has 0 aliphatic carbocycles. The monoisotopic (exact) mass is 339 g/mol. The van der Waals surface area contributed by atoms with E-state index in [0.717, 1.165) is 37.8 Å². The molecule has 2 saturated heterocycles. The molecule has 2 aliphatic heterocycles. The largest absolute Gasteiger partial charge is 0.381 e. The smallest absolute Gasteiger partial charge is 0.220 e. The fourth-order valence-corrected chi connectivity index (χ4v) is 3.50. The third kappa shape index (κ3) is 4.30. The molecule has 1 spiro atoms. The van der Waals surface area contributed by atoms with Gasteiger partial charge in [0, 0.05) is 32.3 Å². The van der Waals surface area contributed by atoms with E-state index >= 15 is 0 Å². The number of halogens is 2. The number of carbonyl (C=O) groups is 1. The Morgan fingerprint density at radius 1 is 1.21 bits per heavy atom. The molecule has 3 rings (SSSR count). The Balaban J connectivity index is 1.48. The first kappa shape index (κ1) is 17.3. The molecule has 1 aromatic rings. The average molecular weight is 339 g/mol. The first-order valence-corrected chi connectivity index (χ1v) is 8.51. The molecule has 6 heteroatoms. The van der Waals surface area contributed by atoms with Gasteiger partial charge < -0.3 is 14.8 Å². The molecule has 1 amide bonds. The molecular weight excluding hydrogens is 316 g/mol. The zero-order valence-electron chi connectivity index (χ0n) is 13.7. The quantitative estimate of drug-likeness (QED) is 0.918. The molecule has 4 nitrogen and oxygen atoms in total. The van der Waals surface area contributed by atoms with E-state index in [0.29, 0.717) is 31.8 Å². The zero-order chi connectivity index (χ0) is 17.0. The van der Waals surface area contributed by atoms with Gasteiger partial charge in [0.15, 0.2) is 11.6 Å². The number of hydrogen-bond donors (Lipinski definition) is 1. The number of hydrogen-bond acceptors (Lipinski definition) is 3. The Labute approximate surface area is 140 Å². The Morgan fingerprint density at radius 2 is 2.00 bits per heavy atom. The van der Waals surface area contributed by atoms with Crippen molar-refractivity contribution in [3.05, 3.63) is 35.4 Å². The molecule has 132 valence electrons. The summed E-state index contributed by atoms with van der Waals surface area (Å²) in [5, 5.41) is 3.06. The Morgan fingerprint density at radius 3 is 2.75 bits per heavy atom. The molecule has 0 bridgehead atoms. The van der Waals surface area contributed by atoms with Crippen LogP contribution in [0.4, 0.5) is 8.78 Å². The van der Waals surface area contributed by atoms with Gasteiger partial charge in [-0.05, 0) is 49.8 Å².